The maximum absolute atomic E-state index is 11.8. The second-order valence-corrected chi connectivity index (χ2v) is 4.86. The Hall–Kier alpha value is -2.42. The lowest BCUT2D eigenvalue weighted by Gasteiger charge is -2.10. The van der Waals surface area contributed by atoms with E-state index >= 15 is 0 Å². The number of nitrogens with one attached hydrogen (secondary N) is 2. The molecule has 0 radical (unpaired) electrons. The summed E-state index contributed by atoms with van der Waals surface area (Å²) in [7, 11) is 0. The van der Waals surface area contributed by atoms with Crippen LogP contribution in [0.1, 0.15) is 22.1 Å². The predicted octanol–water partition coefficient (Wildman–Crippen LogP) is 2.16. The van der Waals surface area contributed by atoms with E-state index in [1.165, 1.54) is 6.07 Å². The number of anilines is 1. The second-order valence-electron chi connectivity index (χ2n) is 4.01. The lowest BCUT2D eigenvalue weighted by Crippen LogP contribution is -2.29. The zero-order valence-corrected chi connectivity index (χ0v) is 12.5. The lowest BCUT2D eigenvalue weighted by molar-refractivity contribution is 0.0698. The number of rotatable bonds is 4. The number of carboxylic acid groups (broad SMARTS) is 1. The van der Waals surface area contributed by atoms with E-state index < -0.39 is 12.0 Å². The van der Waals surface area contributed by atoms with Crippen LogP contribution in [0.15, 0.2) is 27.2 Å². The Balaban J connectivity index is 2.04. The first-order valence-corrected chi connectivity index (χ1v) is 6.62. The standard InChI is InChI=1S/C12H11BrN4O4/c1-6-15-9(21-17-6)5-14-12(20)16-10-7(11(18)19)3-2-4-8(10)13/h2-4H,5H2,1H3,(H,18,19)(H2,14,16,20). The molecule has 0 unspecified atom stereocenters. The van der Waals surface area contributed by atoms with Gasteiger partial charge in [-0.15, -0.1) is 0 Å². The monoisotopic (exact) mass is 354 g/mol. The molecule has 0 spiro atoms. The Kier molecular flexibility index (Phi) is 4.53. The van der Waals surface area contributed by atoms with Crippen molar-refractivity contribution in [3.05, 3.63) is 40.0 Å². The number of carboxylic acids is 1. The summed E-state index contributed by atoms with van der Waals surface area (Å²) in [6.45, 7) is 1.70. The molecule has 0 saturated carbocycles. The van der Waals surface area contributed by atoms with Crippen LogP contribution in [-0.4, -0.2) is 27.2 Å². The minimum Gasteiger partial charge on any atom is -0.478 e. The van der Waals surface area contributed by atoms with Crippen LogP contribution in [-0.2, 0) is 6.54 Å². The summed E-state index contributed by atoms with van der Waals surface area (Å²) < 4.78 is 5.31. The third-order valence-electron chi connectivity index (χ3n) is 2.45. The SMILES string of the molecule is Cc1noc(CNC(=O)Nc2c(Br)cccc2C(=O)O)n1. The van der Waals surface area contributed by atoms with E-state index in [9.17, 15) is 9.59 Å². The van der Waals surface area contributed by atoms with E-state index in [0.717, 1.165) is 0 Å². The van der Waals surface area contributed by atoms with Crippen molar-refractivity contribution < 1.29 is 19.2 Å². The lowest BCUT2D eigenvalue weighted by atomic mass is 10.2. The molecule has 110 valence electrons. The fourth-order valence-electron chi connectivity index (χ4n) is 1.55. The molecule has 21 heavy (non-hydrogen) atoms. The van der Waals surface area contributed by atoms with Gasteiger partial charge in [0, 0.05) is 4.47 Å². The first-order valence-electron chi connectivity index (χ1n) is 5.83. The van der Waals surface area contributed by atoms with E-state index in [2.05, 4.69) is 36.7 Å². The van der Waals surface area contributed by atoms with Gasteiger partial charge >= 0.3 is 12.0 Å². The largest absolute Gasteiger partial charge is 0.478 e. The molecule has 9 heteroatoms. The van der Waals surface area contributed by atoms with Gasteiger partial charge in [-0.25, -0.2) is 9.59 Å². The van der Waals surface area contributed by atoms with Gasteiger partial charge < -0.3 is 20.3 Å². The maximum Gasteiger partial charge on any atom is 0.337 e. The minimum absolute atomic E-state index is 0.0202. The van der Waals surface area contributed by atoms with Crippen molar-refractivity contribution in [1.29, 1.82) is 0 Å². The van der Waals surface area contributed by atoms with Gasteiger partial charge in [-0.05, 0) is 35.0 Å². The summed E-state index contributed by atoms with van der Waals surface area (Å²) in [5, 5.41) is 17.6. The number of aromatic carboxylic acids is 1. The molecular formula is C12H11BrN4O4. The number of aryl methyl sites for hydroxylation is 1. The molecule has 2 aromatic rings. The minimum atomic E-state index is -1.14. The highest BCUT2D eigenvalue weighted by molar-refractivity contribution is 9.10. The van der Waals surface area contributed by atoms with Crippen LogP contribution in [0.2, 0.25) is 0 Å². The van der Waals surface area contributed by atoms with E-state index in [1.54, 1.807) is 19.1 Å². The number of aromatic nitrogens is 2. The van der Waals surface area contributed by atoms with Gasteiger partial charge in [-0.3, -0.25) is 0 Å². The number of hydrogen-bond donors (Lipinski definition) is 3. The molecule has 0 aliphatic rings. The summed E-state index contributed by atoms with van der Waals surface area (Å²) in [4.78, 5) is 26.8. The Morgan fingerprint density at radius 3 is 2.81 bits per heavy atom. The first kappa shape index (κ1) is 15.0. The summed E-state index contributed by atoms with van der Waals surface area (Å²) in [5.41, 5.74) is 0.150. The van der Waals surface area contributed by atoms with Crippen molar-refractivity contribution in [1.82, 2.24) is 15.5 Å². The van der Waals surface area contributed by atoms with Crippen LogP contribution < -0.4 is 10.6 Å². The van der Waals surface area contributed by atoms with Gasteiger partial charge in [0.15, 0.2) is 5.82 Å². The van der Waals surface area contributed by atoms with E-state index in [1.807, 2.05) is 0 Å². The van der Waals surface area contributed by atoms with Gasteiger partial charge in [0.2, 0.25) is 5.89 Å². The van der Waals surface area contributed by atoms with Crippen molar-refractivity contribution in [3.63, 3.8) is 0 Å². The molecule has 0 bridgehead atoms. The number of halogens is 1. The fraction of sp³-hybridized carbons (Fsp3) is 0.167. The molecule has 0 fully saturated rings. The predicted molar refractivity (Wildman–Crippen MR) is 76.0 cm³/mol. The molecule has 2 amide bonds. The van der Waals surface area contributed by atoms with Crippen LogP contribution in [0.5, 0.6) is 0 Å². The van der Waals surface area contributed by atoms with Crippen molar-refractivity contribution in [2.24, 2.45) is 0 Å². The number of urea groups is 1. The molecule has 2 rings (SSSR count). The Labute approximate surface area is 127 Å². The van der Waals surface area contributed by atoms with Crippen molar-refractivity contribution in [3.8, 4) is 0 Å². The molecule has 0 saturated heterocycles. The topological polar surface area (TPSA) is 117 Å². The van der Waals surface area contributed by atoms with Gasteiger partial charge in [0.1, 0.15) is 0 Å². The van der Waals surface area contributed by atoms with Crippen LogP contribution in [0.25, 0.3) is 0 Å². The zero-order chi connectivity index (χ0) is 15.4. The average Bonchev–Trinajstić information content (AvgIpc) is 2.84. The molecule has 8 nitrogen and oxygen atoms in total. The maximum atomic E-state index is 11.8. The normalized spacial score (nSPS) is 10.2. The quantitative estimate of drug-likeness (QED) is 0.774. The molecule has 0 aliphatic carbocycles. The van der Waals surface area contributed by atoms with Crippen LogP contribution >= 0.6 is 15.9 Å². The first-order chi connectivity index (χ1) is 9.97. The van der Waals surface area contributed by atoms with Crippen LogP contribution in [0.3, 0.4) is 0 Å². The number of carbonyl (C=O) groups excluding carboxylic acids is 1. The van der Waals surface area contributed by atoms with Gasteiger partial charge in [0.25, 0.3) is 0 Å². The highest BCUT2D eigenvalue weighted by Crippen LogP contribution is 2.26. The Bertz CT molecular complexity index is 686. The highest BCUT2D eigenvalue weighted by Gasteiger charge is 2.15. The van der Waals surface area contributed by atoms with Crippen molar-refractivity contribution in [2.45, 2.75) is 13.5 Å². The van der Waals surface area contributed by atoms with Crippen molar-refractivity contribution >= 4 is 33.6 Å². The summed E-state index contributed by atoms with van der Waals surface area (Å²) in [6.07, 6.45) is 0. The number of amides is 2. The molecular weight excluding hydrogens is 344 g/mol. The number of nitrogens with zero attached hydrogens (tertiary/aromatic N) is 2. The number of hydrogen-bond acceptors (Lipinski definition) is 5. The number of para-hydroxylation sites is 1. The number of carbonyl (C=O) groups is 2. The van der Waals surface area contributed by atoms with E-state index in [-0.39, 0.29) is 23.7 Å². The number of benzene rings is 1. The Morgan fingerprint density at radius 1 is 1.43 bits per heavy atom. The van der Waals surface area contributed by atoms with Gasteiger partial charge in [0.05, 0.1) is 17.8 Å². The zero-order valence-electron chi connectivity index (χ0n) is 10.9. The molecule has 1 aromatic carbocycles. The fourth-order valence-corrected chi connectivity index (χ4v) is 2.02. The second kappa shape index (κ2) is 6.35. The molecule has 1 heterocycles. The van der Waals surface area contributed by atoms with E-state index in [0.29, 0.717) is 10.3 Å². The van der Waals surface area contributed by atoms with Gasteiger partial charge in [-0.2, -0.15) is 4.98 Å². The molecule has 1 aromatic heterocycles. The Morgan fingerprint density at radius 2 is 2.19 bits per heavy atom. The molecule has 0 atom stereocenters. The summed E-state index contributed by atoms with van der Waals surface area (Å²) >= 11 is 3.20. The third kappa shape index (κ3) is 3.78. The summed E-state index contributed by atoms with van der Waals surface area (Å²) in [5.74, 6) is -0.418. The molecule has 0 aliphatic heterocycles. The van der Waals surface area contributed by atoms with Gasteiger partial charge in [-0.1, -0.05) is 11.2 Å². The van der Waals surface area contributed by atoms with Crippen LogP contribution in [0.4, 0.5) is 10.5 Å². The van der Waals surface area contributed by atoms with Crippen LogP contribution in [0, 0.1) is 6.92 Å². The summed E-state index contributed by atoms with van der Waals surface area (Å²) in [6, 6.07) is 4.01. The molecule has 3 N–H and O–H groups in total. The van der Waals surface area contributed by atoms with E-state index in [4.69, 9.17) is 9.63 Å². The highest BCUT2D eigenvalue weighted by atomic mass is 79.9. The van der Waals surface area contributed by atoms with Crippen molar-refractivity contribution in [2.75, 3.05) is 5.32 Å². The smallest absolute Gasteiger partial charge is 0.337 e. The third-order valence-corrected chi connectivity index (χ3v) is 3.11. The average molecular weight is 355 g/mol.